The minimum absolute atomic E-state index is 0.294. The molecule has 152 valence electrons. The van der Waals surface area contributed by atoms with Crippen LogP contribution in [0.1, 0.15) is 26.7 Å². The third-order valence-electron chi connectivity index (χ3n) is 5.33. The maximum absolute atomic E-state index is 5.80. The molecule has 0 aromatic heterocycles. The molecule has 2 unspecified atom stereocenters. The predicted octanol–water partition coefficient (Wildman–Crippen LogP) is 0.619. The van der Waals surface area contributed by atoms with Crippen molar-refractivity contribution in [2.24, 2.45) is 10.9 Å². The minimum Gasteiger partial charge on any atom is -0.379 e. The minimum atomic E-state index is 0.294. The van der Waals surface area contributed by atoms with Crippen molar-refractivity contribution >= 4 is 5.96 Å². The number of nitrogens with zero attached hydrogens (tertiary/aromatic N) is 3. The van der Waals surface area contributed by atoms with Gasteiger partial charge in [-0.3, -0.25) is 9.89 Å². The summed E-state index contributed by atoms with van der Waals surface area (Å²) in [6.07, 6.45) is 2.30. The van der Waals surface area contributed by atoms with E-state index in [1.807, 2.05) is 7.05 Å². The van der Waals surface area contributed by atoms with Crippen LogP contribution >= 0.6 is 0 Å². The molecule has 2 aliphatic rings. The van der Waals surface area contributed by atoms with E-state index in [0.29, 0.717) is 18.1 Å². The first-order chi connectivity index (χ1) is 12.6. The van der Waals surface area contributed by atoms with E-state index in [-0.39, 0.29) is 0 Å². The SMILES string of the molecule is CN=C(NCCCOC1CCOC1)NCC(C(C)C)N1CCN(C)CC1. The molecule has 0 amide bonds. The van der Waals surface area contributed by atoms with Crippen LogP contribution in [0, 0.1) is 5.92 Å². The van der Waals surface area contributed by atoms with Gasteiger partial charge in [0.1, 0.15) is 0 Å². The standard InChI is InChI=1S/C19H39N5O2/c1-16(2)18(24-10-8-23(4)9-11-24)14-22-19(20-3)21-7-5-12-26-17-6-13-25-15-17/h16-18H,5-15H2,1-4H3,(H2,20,21,22). The molecule has 2 rings (SSSR count). The molecule has 26 heavy (non-hydrogen) atoms. The fourth-order valence-electron chi connectivity index (χ4n) is 3.54. The van der Waals surface area contributed by atoms with E-state index in [4.69, 9.17) is 9.47 Å². The van der Waals surface area contributed by atoms with Crippen LogP contribution in [0.3, 0.4) is 0 Å². The van der Waals surface area contributed by atoms with Gasteiger partial charge in [0, 0.05) is 65.6 Å². The molecule has 2 heterocycles. The highest BCUT2D eigenvalue weighted by Gasteiger charge is 2.25. The number of likely N-dealkylation sites (N-methyl/N-ethyl adjacent to an activating group) is 1. The van der Waals surface area contributed by atoms with Crippen LogP contribution in [0.5, 0.6) is 0 Å². The second-order valence-corrected chi connectivity index (χ2v) is 7.74. The summed E-state index contributed by atoms with van der Waals surface area (Å²) in [5.41, 5.74) is 0. The number of guanidine groups is 1. The topological polar surface area (TPSA) is 61.4 Å². The molecule has 7 heteroatoms. The van der Waals surface area contributed by atoms with Crippen LogP contribution in [0.15, 0.2) is 4.99 Å². The summed E-state index contributed by atoms with van der Waals surface area (Å²) in [7, 11) is 4.04. The Labute approximate surface area is 159 Å². The number of rotatable bonds is 9. The Kier molecular flexibility index (Phi) is 9.67. The highest BCUT2D eigenvalue weighted by Crippen LogP contribution is 2.13. The number of piperazine rings is 1. The molecule has 0 bridgehead atoms. The molecular weight excluding hydrogens is 330 g/mol. The second-order valence-electron chi connectivity index (χ2n) is 7.74. The monoisotopic (exact) mass is 369 g/mol. The molecule has 0 radical (unpaired) electrons. The van der Waals surface area contributed by atoms with Crippen LogP contribution in [-0.4, -0.2) is 101 Å². The molecule has 2 saturated heterocycles. The first kappa shape index (κ1) is 21.4. The molecule has 0 spiro atoms. The maximum atomic E-state index is 5.80. The average Bonchev–Trinajstić information content (AvgIpc) is 3.14. The van der Waals surface area contributed by atoms with Crippen molar-refractivity contribution in [1.82, 2.24) is 20.4 Å². The highest BCUT2D eigenvalue weighted by molar-refractivity contribution is 5.79. The first-order valence-electron chi connectivity index (χ1n) is 10.2. The van der Waals surface area contributed by atoms with Gasteiger partial charge in [-0.15, -0.1) is 0 Å². The Morgan fingerprint density at radius 2 is 2.00 bits per heavy atom. The smallest absolute Gasteiger partial charge is 0.191 e. The van der Waals surface area contributed by atoms with Gasteiger partial charge in [-0.25, -0.2) is 0 Å². The van der Waals surface area contributed by atoms with E-state index in [1.54, 1.807) is 0 Å². The lowest BCUT2D eigenvalue weighted by molar-refractivity contribution is 0.0419. The number of ether oxygens (including phenoxy) is 2. The summed E-state index contributed by atoms with van der Waals surface area (Å²) < 4.78 is 11.1. The zero-order valence-corrected chi connectivity index (χ0v) is 17.2. The van der Waals surface area contributed by atoms with Crippen molar-refractivity contribution in [3.8, 4) is 0 Å². The number of nitrogens with one attached hydrogen (secondary N) is 2. The van der Waals surface area contributed by atoms with Gasteiger partial charge in [-0.1, -0.05) is 13.8 Å². The molecule has 2 fully saturated rings. The van der Waals surface area contributed by atoms with Crippen LogP contribution in [0.4, 0.5) is 0 Å². The van der Waals surface area contributed by atoms with Crippen molar-refractivity contribution < 1.29 is 9.47 Å². The van der Waals surface area contributed by atoms with E-state index in [2.05, 4.69) is 46.3 Å². The van der Waals surface area contributed by atoms with Crippen LogP contribution in [-0.2, 0) is 9.47 Å². The Morgan fingerprint density at radius 3 is 2.62 bits per heavy atom. The van der Waals surface area contributed by atoms with Crippen LogP contribution < -0.4 is 10.6 Å². The third kappa shape index (κ3) is 7.39. The molecule has 2 aliphatic heterocycles. The Hall–Kier alpha value is -0.890. The average molecular weight is 370 g/mol. The van der Waals surface area contributed by atoms with E-state index >= 15 is 0 Å². The van der Waals surface area contributed by atoms with E-state index in [0.717, 1.165) is 77.9 Å². The van der Waals surface area contributed by atoms with E-state index in [1.165, 1.54) is 0 Å². The third-order valence-corrected chi connectivity index (χ3v) is 5.33. The summed E-state index contributed by atoms with van der Waals surface area (Å²) in [5, 5.41) is 6.91. The van der Waals surface area contributed by atoms with Gasteiger partial charge in [0.2, 0.25) is 0 Å². The number of aliphatic imine (C=N–C) groups is 1. The van der Waals surface area contributed by atoms with Gasteiger partial charge in [0.15, 0.2) is 5.96 Å². The quantitative estimate of drug-likeness (QED) is 0.353. The molecule has 0 aromatic rings. The molecule has 0 saturated carbocycles. The number of hydrogen-bond donors (Lipinski definition) is 2. The molecule has 2 atom stereocenters. The molecule has 2 N–H and O–H groups in total. The maximum Gasteiger partial charge on any atom is 0.191 e. The lowest BCUT2D eigenvalue weighted by Gasteiger charge is -2.40. The summed E-state index contributed by atoms with van der Waals surface area (Å²) in [5.74, 6) is 1.50. The zero-order valence-electron chi connectivity index (χ0n) is 17.2. The largest absolute Gasteiger partial charge is 0.379 e. The van der Waals surface area contributed by atoms with Crippen molar-refractivity contribution in [3.63, 3.8) is 0 Å². The van der Waals surface area contributed by atoms with Gasteiger partial charge in [0.05, 0.1) is 12.7 Å². The van der Waals surface area contributed by atoms with E-state index in [9.17, 15) is 0 Å². The van der Waals surface area contributed by atoms with E-state index < -0.39 is 0 Å². The summed E-state index contributed by atoms with van der Waals surface area (Å²) in [4.78, 5) is 9.38. The molecule has 7 nitrogen and oxygen atoms in total. The van der Waals surface area contributed by atoms with Crippen molar-refractivity contribution in [3.05, 3.63) is 0 Å². The molecule has 0 aromatic carbocycles. The molecular formula is C19H39N5O2. The predicted molar refractivity (Wildman–Crippen MR) is 107 cm³/mol. The Morgan fingerprint density at radius 1 is 1.23 bits per heavy atom. The van der Waals surface area contributed by atoms with Gasteiger partial charge in [-0.05, 0) is 25.8 Å². The van der Waals surface area contributed by atoms with Crippen molar-refractivity contribution in [2.45, 2.75) is 38.8 Å². The Balaban J connectivity index is 1.63. The van der Waals surface area contributed by atoms with Crippen molar-refractivity contribution in [1.29, 1.82) is 0 Å². The van der Waals surface area contributed by atoms with Crippen LogP contribution in [0.25, 0.3) is 0 Å². The highest BCUT2D eigenvalue weighted by atomic mass is 16.5. The summed E-state index contributed by atoms with van der Waals surface area (Å²) in [6.45, 7) is 13.4. The van der Waals surface area contributed by atoms with Crippen molar-refractivity contribution in [2.75, 3.05) is 73.2 Å². The van der Waals surface area contributed by atoms with Gasteiger partial charge >= 0.3 is 0 Å². The summed E-state index contributed by atoms with van der Waals surface area (Å²) >= 11 is 0. The fourth-order valence-corrected chi connectivity index (χ4v) is 3.54. The Bertz CT molecular complexity index is 405. The van der Waals surface area contributed by atoms with Crippen LogP contribution in [0.2, 0.25) is 0 Å². The zero-order chi connectivity index (χ0) is 18.8. The summed E-state index contributed by atoms with van der Waals surface area (Å²) in [6, 6.07) is 0.535. The number of hydrogen-bond acceptors (Lipinski definition) is 5. The fraction of sp³-hybridized carbons (Fsp3) is 0.947. The second kappa shape index (κ2) is 11.7. The lowest BCUT2D eigenvalue weighted by Crippen LogP contribution is -2.55. The van der Waals surface area contributed by atoms with Gasteiger partial charge in [-0.2, -0.15) is 0 Å². The lowest BCUT2D eigenvalue weighted by atomic mass is 10.0. The van der Waals surface area contributed by atoms with Gasteiger partial charge in [0.25, 0.3) is 0 Å². The normalized spacial score (nSPS) is 24.2. The van der Waals surface area contributed by atoms with Gasteiger partial charge < -0.3 is 25.0 Å². The molecule has 0 aliphatic carbocycles. The first-order valence-corrected chi connectivity index (χ1v) is 10.2.